The number of hydrogen-bond donors (Lipinski definition) is 3. The predicted octanol–water partition coefficient (Wildman–Crippen LogP) is 4.37. The molecule has 3 rings (SSSR count). The highest BCUT2D eigenvalue weighted by molar-refractivity contribution is 5.89. The molecule has 1 amide bonds. The van der Waals surface area contributed by atoms with Gasteiger partial charge in [0.05, 0.1) is 0 Å². The van der Waals surface area contributed by atoms with Crippen LogP contribution in [0, 0.1) is 12.7 Å². The van der Waals surface area contributed by atoms with Crippen LogP contribution >= 0.6 is 0 Å². The van der Waals surface area contributed by atoms with Gasteiger partial charge in [0, 0.05) is 35.7 Å². The van der Waals surface area contributed by atoms with Crippen molar-refractivity contribution in [3.8, 4) is 0 Å². The first-order valence-electron chi connectivity index (χ1n) is 8.01. The average molecular weight is 351 g/mol. The Labute approximate surface area is 150 Å². The summed E-state index contributed by atoms with van der Waals surface area (Å²) in [5, 5.41) is 8.89. The number of rotatable bonds is 5. The second-order valence-electron chi connectivity index (χ2n) is 5.74. The Morgan fingerprint density at radius 1 is 0.923 bits per heavy atom. The van der Waals surface area contributed by atoms with Gasteiger partial charge in [-0.25, -0.2) is 9.37 Å². The topological polar surface area (TPSA) is 78.9 Å². The smallest absolute Gasteiger partial charge is 0.229 e. The summed E-state index contributed by atoms with van der Waals surface area (Å²) in [6.07, 6.45) is 0. The van der Waals surface area contributed by atoms with E-state index < -0.39 is 0 Å². The van der Waals surface area contributed by atoms with Crippen molar-refractivity contribution >= 4 is 34.7 Å². The van der Waals surface area contributed by atoms with E-state index in [0.29, 0.717) is 23.1 Å². The molecule has 0 saturated carbocycles. The highest BCUT2D eigenvalue weighted by atomic mass is 19.1. The van der Waals surface area contributed by atoms with Gasteiger partial charge in [-0.3, -0.25) is 4.79 Å². The fraction of sp³-hybridized carbons (Fsp3) is 0.105. The third kappa shape index (κ3) is 4.76. The summed E-state index contributed by atoms with van der Waals surface area (Å²) in [5.41, 5.74) is 2.76. The maximum Gasteiger partial charge on any atom is 0.229 e. The van der Waals surface area contributed by atoms with Crippen LogP contribution in [-0.4, -0.2) is 15.9 Å². The zero-order chi connectivity index (χ0) is 18.5. The zero-order valence-corrected chi connectivity index (χ0v) is 14.4. The molecule has 26 heavy (non-hydrogen) atoms. The van der Waals surface area contributed by atoms with Crippen LogP contribution in [0.2, 0.25) is 0 Å². The minimum atomic E-state index is -0.325. The normalized spacial score (nSPS) is 10.3. The van der Waals surface area contributed by atoms with Gasteiger partial charge in [0.25, 0.3) is 0 Å². The van der Waals surface area contributed by atoms with Crippen molar-refractivity contribution < 1.29 is 9.18 Å². The van der Waals surface area contributed by atoms with Gasteiger partial charge in [-0.2, -0.15) is 4.98 Å². The summed E-state index contributed by atoms with van der Waals surface area (Å²) in [6.45, 7) is 3.30. The Morgan fingerprint density at radius 3 is 2.35 bits per heavy atom. The molecule has 3 N–H and O–H groups in total. The van der Waals surface area contributed by atoms with E-state index in [9.17, 15) is 9.18 Å². The number of benzene rings is 2. The second-order valence-corrected chi connectivity index (χ2v) is 5.74. The number of nitrogens with zero attached hydrogens (tertiary/aromatic N) is 2. The summed E-state index contributed by atoms with van der Waals surface area (Å²) >= 11 is 0. The molecule has 1 aromatic heterocycles. The molecule has 6 nitrogen and oxygen atoms in total. The first-order valence-corrected chi connectivity index (χ1v) is 8.01. The van der Waals surface area contributed by atoms with E-state index in [4.69, 9.17) is 0 Å². The van der Waals surface area contributed by atoms with Gasteiger partial charge in [-0.1, -0.05) is 12.1 Å². The van der Waals surface area contributed by atoms with Crippen molar-refractivity contribution in [3.05, 3.63) is 66.1 Å². The highest BCUT2D eigenvalue weighted by Crippen LogP contribution is 2.21. The number of carbonyl (C=O) groups excluding carboxylic acids is 1. The van der Waals surface area contributed by atoms with Crippen LogP contribution in [0.3, 0.4) is 0 Å². The fourth-order valence-corrected chi connectivity index (χ4v) is 2.41. The molecule has 1 heterocycles. The lowest BCUT2D eigenvalue weighted by molar-refractivity contribution is -0.114. The average Bonchev–Trinajstić information content (AvgIpc) is 2.54. The molecule has 3 aromatic rings. The van der Waals surface area contributed by atoms with E-state index in [1.807, 2.05) is 19.1 Å². The lowest BCUT2D eigenvalue weighted by atomic mass is 10.2. The number of nitrogens with one attached hydrogen (secondary N) is 3. The molecule has 0 fully saturated rings. The van der Waals surface area contributed by atoms with Gasteiger partial charge in [-0.05, 0) is 43.3 Å². The van der Waals surface area contributed by atoms with Crippen molar-refractivity contribution in [2.75, 3.05) is 16.0 Å². The van der Waals surface area contributed by atoms with Gasteiger partial charge < -0.3 is 16.0 Å². The molecule has 2 aromatic carbocycles. The van der Waals surface area contributed by atoms with Crippen LogP contribution in [0.4, 0.5) is 33.2 Å². The third-order valence-corrected chi connectivity index (χ3v) is 3.39. The van der Waals surface area contributed by atoms with Gasteiger partial charge >= 0.3 is 0 Å². The molecule has 132 valence electrons. The first-order chi connectivity index (χ1) is 12.5. The van der Waals surface area contributed by atoms with Crippen LogP contribution in [0.15, 0.2) is 54.6 Å². The van der Waals surface area contributed by atoms with Crippen LogP contribution < -0.4 is 16.0 Å². The fourth-order valence-electron chi connectivity index (χ4n) is 2.41. The van der Waals surface area contributed by atoms with Gasteiger partial charge in [0.1, 0.15) is 11.6 Å². The SMILES string of the molecule is CC(=O)Nc1cccc(Nc2nc(C)cc(Nc3cccc(F)c3)n2)c1. The Bertz CT molecular complexity index is 945. The van der Waals surface area contributed by atoms with Gasteiger partial charge in [0.15, 0.2) is 0 Å². The van der Waals surface area contributed by atoms with Crippen LogP contribution in [0.25, 0.3) is 0 Å². The van der Waals surface area contributed by atoms with Gasteiger partial charge in [0.2, 0.25) is 11.9 Å². The minimum absolute atomic E-state index is 0.143. The third-order valence-electron chi connectivity index (χ3n) is 3.39. The molecular formula is C19H18FN5O. The Morgan fingerprint density at radius 2 is 1.62 bits per heavy atom. The molecule has 0 aliphatic carbocycles. The van der Waals surface area contributed by atoms with Crippen molar-refractivity contribution in [3.63, 3.8) is 0 Å². The molecule has 0 radical (unpaired) electrons. The summed E-state index contributed by atoms with van der Waals surface area (Å²) in [4.78, 5) is 19.9. The number of hydrogen-bond acceptors (Lipinski definition) is 5. The molecule has 0 saturated heterocycles. The first kappa shape index (κ1) is 17.3. The van der Waals surface area contributed by atoms with E-state index in [1.165, 1.54) is 19.1 Å². The Kier molecular flexibility index (Phi) is 5.07. The van der Waals surface area contributed by atoms with Crippen LogP contribution in [-0.2, 0) is 4.79 Å². The van der Waals surface area contributed by atoms with Crippen LogP contribution in [0.1, 0.15) is 12.6 Å². The Balaban J connectivity index is 1.80. The summed E-state index contributed by atoms with van der Waals surface area (Å²) < 4.78 is 13.3. The number of amides is 1. The molecule has 0 atom stereocenters. The standard InChI is InChI=1S/C19H18FN5O/c1-12-9-18(23-15-6-3-5-14(20)10-15)25-19(21-12)24-17-8-4-7-16(11-17)22-13(2)26/h3-11H,1-2H3,(H,22,26)(H2,21,23,24,25). The van der Waals surface area contributed by atoms with Gasteiger partial charge in [-0.15, -0.1) is 0 Å². The summed E-state index contributed by atoms with van der Waals surface area (Å²) in [5.74, 6) is 0.469. The minimum Gasteiger partial charge on any atom is -0.340 e. The summed E-state index contributed by atoms with van der Waals surface area (Å²) in [7, 11) is 0. The van der Waals surface area contributed by atoms with E-state index in [0.717, 1.165) is 11.4 Å². The quantitative estimate of drug-likeness (QED) is 0.636. The number of halogens is 1. The lowest BCUT2D eigenvalue weighted by Crippen LogP contribution is -2.06. The monoisotopic (exact) mass is 351 g/mol. The predicted molar refractivity (Wildman–Crippen MR) is 100 cm³/mol. The lowest BCUT2D eigenvalue weighted by Gasteiger charge is -2.11. The van der Waals surface area contributed by atoms with Crippen LogP contribution in [0.5, 0.6) is 0 Å². The molecule has 0 spiro atoms. The van der Waals surface area contributed by atoms with E-state index in [2.05, 4.69) is 25.9 Å². The molecular weight excluding hydrogens is 333 g/mol. The highest BCUT2D eigenvalue weighted by Gasteiger charge is 2.05. The number of anilines is 5. The van der Waals surface area contributed by atoms with Crippen molar-refractivity contribution in [2.24, 2.45) is 0 Å². The van der Waals surface area contributed by atoms with E-state index in [1.54, 1.807) is 30.3 Å². The molecule has 0 aliphatic rings. The summed E-state index contributed by atoms with van der Waals surface area (Å²) in [6, 6.07) is 15.2. The molecule has 0 bridgehead atoms. The maximum absolute atomic E-state index is 13.3. The molecule has 0 aliphatic heterocycles. The number of aromatic nitrogens is 2. The molecule has 7 heteroatoms. The van der Waals surface area contributed by atoms with E-state index >= 15 is 0 Å². The molecule has 0 unspecified atom stereocenters. The number of aryl methyl sites for hydroxylation is 1. The largest absolute Gasteiger partial charge is 0.340 e. The number of carbonyl (C=O) groups is 1. The van der Waals surface area contributed by atoms with Crippen molar-refractivity contribution in [1.29, 1.82) is 0 Å². The second kappa shape index (κ2) is 7.60. The van der Waals surface area contributed by atoms with E-state index in [-0.39, 0.29) is 11.7 Å². The zero-order valence-electron chi connectivity index (χ0n) is 14.4. The van der Waals surface area contributed by atoms with Crippen molar-refractivity contribution in [1.82, 2.24) is 9.97 Å². The van der Waals surface area contributed by atoms with Crippen molar-refractivity contribution in [2.45, 2.75) is 13.8 Å². The Hall–Kier alpha value is -3.48. The maximum atomic E-state index is 13.3.